The summed E-state index contributed by atoms with van der Waals surface area (Å²) >= 11 is 6.09. The number of nitrogens with zero attached hydrogens (tertiary/aromatic N) is 4. The Morgan fingerprint density at radius 2 is 1.64 bits per heavy atom. The zero-order valence-electron chi connectivity index (χ0n) is 19.5. The Hall–Kier alpha value is -2.47. The van der Waals surface area contributed by atoms with Crippen molar-refractivity contribution in [2.45, 2.75) is 39.2 Å². The van der Waals surface area contributed by atoms with Crippen LogP contribution in [-0.2, 0) is 19.3 Å². The zero-order chi connectivity index (χ0) is 23.2. The van der Waals surface area contributed by atoms with E-state index in [2.05, 4.69) is 41.0 Å². The lowest BCUT2D eigenvalue weighted by Gasteiger charge is -2.37. The Kier molecular flexibility index (Phi) is 7.97. The van der Waals surface area contributed by atoms with Crippen molar-refractivity contribution in [3.8, 4) is 0 Å². The molecule has 1 aromatic heterocycles. The Labute approximate surface area is 202 Å². The summed E-state index contributed by atoms with van der Waals surface area (Å²) in [6, 6.07) is 18.3. The summed E-state index contributed by atoms with van der Waals surface area (Å²) in [5.74, 6) is 1.88. The second-order valence-electron chi connectivity index (χ2n) is 8.81. The molecule has 0 amide bonds. The standard InChI is InChI=1S/C27H33ClN4O/c1-3-26-25(18-22-9-11-23(28)12-10-22)27(30-20(2)29-26)32-15-13-31(14-16-32)19-24(33)17-21-7-5-4-6-8-21/h4-12,24,33H,3,13-19H2,1-2H3/t24-/m1/s1. The molecular formula is C27H33ClN4O. The van der Waals surface area contributed by atoms with Gasteiger partial charge in [0.2, 0.25) is 0 Å². The molecule has 1 aliphatic heterocycles. The van der Waals surface area contributed by atoms with E-state index < -0.39 is 0 Å². The van der Waals surface area contributed by atoms with E-state index in [4.69, 9.17) is 21.6 Å². The molecule has 174 valence electrons. The van der Waals surface area contributed by atoms with Crippen LogP contribution in [0.3, 0.4) is 0 Å². The fourth-order valence-electron chi connectivity index (χ4n) is 4.57. The van der Waals surface area contributed by atoms with Crippen LogP contribution in [0.1, 0.15) is 35.1 Å². The van der Waals surface area contributed by atoms with E-state index in [0.717, 1.165) is 61.4 Å². The molecule has 33 heavy (non-hydrogen) atoms. The van der Waals surface area contributed by atoms with E-state index in [1.165, 1.54) is 16.7 Å². The number of aliphatic hydroxyl groups is 1. The van der Waals surface area contributed by atoms with Crippen molar-refractivity contribution in [2.75, 3.05) is 37.6 Å². The minimum Gasteiger partial charge on any atom is -0.391 e. The van der Waals surface area contributed by atoms with E-state index in [9.17, 15) is 5.11 Å². The van der Waals surface area contributed by atoms with E-state index in [0.29, 0.717) is 13.0 Å². The van der Waals surface area contributed by atoms with Gasteiger partial charge >= 0.3 is 0 Å². The second-order valence-corrected chi connectivity index (χ2v) is 9.24. The maximum atomic E-state index is 10.6. The summed E-state index contributed by atoms with van der Waals surface area (Å²) in [5, 5.41) is 11.3. The van der Waals surface area contributed by atoms with Crippen molar-refractivity contribution >= 4 is 17.4 Å². The highest BCUT2D eigenvalue weighted by Crippen LogP contribution is 2.26. The largest absolute Gasteiger partial charge is 0.391 e. The Bertz CT molecular complexity index is 1030. The highest BCUT2D eigenvalue weighted by Gasteiger charge is 2.24. The van der Waals surface area contributed by atoms with Crippen LogP contribution in [0.5, 0.6) is 0 Å². The molecule has 1 aliphatic rings. The average Bonchev–Trinajstić information content (AvgIpc) is 2.82. The van der Waals surface area contributed by atoms with Crippen molar-refractivity contribution in [1.82, 2.24) is 14.9 Å². The van der Waals surface area contributed by atoms with E-state index in [1.54, 1.807) is 0 Å². The summed E-state index contributed by atoms with van der Waals surface area (Å²) in [7, 11) is 0. The first kappa shape index (κ1) is 23.7. The highest BCUT2D eigenvalue weighted by atomic mass is 35.5. The van der Waals surface area contributed by atoms with Gasteiger partial charge in [-0.3, -0.25) is 4.90 Å². The molecule has 0 saturated carbocycles. The van der Waals surface area contributed by atoms with Gasteiger partial charge in [0, 0.05) is 55.4 Å². The average molecular weight is 465 g/mol. The van der Waals surface area contributed by atoms with Gasteiger partial charge in [0.1, 0.15) is 11.6 Å². The van der Waals surface area contributed by atoms with Gasteiger partial charge in [-0.2, -0.15) is 0 Å². The van der Waals surface area contributed by atoms with Crippen LogP contribution in [-0.4, -0.2) is 58.8 Å². The summed E-state index contributed by atoms with van der Waals surface area (Å²) in [5.41, 5.74) is 4.72. The molecule has 6 heteroatoms. The summed E-state index contributed by atoms with van der Waals surface area (Å²) in [6.45, 7) is 8.45. The molecular weight excluding hydrogens is 432 g/mol. The van der Waals surface area contributed by atoms with E-state index in [-0.39, 0.29) is 6.10 Å². The van der Waals surface area contributed by atoms with E-state index >= 15 is 0 Å². The molecule has 1 saturated heterocycles. The number of aliphatic hydroxyl groups excluding tert-OH is 1. The zero-order valence-corrected chi connectivity index (χ0v) is 20.3. The number of halogens is 1. The number of aryl methyl sites for hydroxylation is 2. The van der Waals surface area contributed by atoms with Gasteiger partial charge in [0.25, 0.3) is 0 Å². The summed E-state index contributed by atoms with van der Waals surface area (Å²) < 4.78 is 0. The van der Waals surface area contributed by atoms with Crippen molar-refractivity contribution in [1.29, 1.82) is 0 Å². The number of aromatic nitrogens is 2. The Morgan fingerprint density at radius 1 is 0.939 bits per heavy atom. The van der Waals surface area contributed by atoms with Gasteiger partial charge < -0.3 is 10.0 Å². The number of β-amino-alcohol motifs (C(OH)–C–C–N with tert-alkyl or cyclic N) is 1. The van der Waals surface area contributed by atoms with Gasteiger partial charge in [0.05, 0.1) is 6.10 Å². The predicted molar refractivity (Wildman–Crippen MR) is 135 cm³/mol. The Morgan fingerprint density at radius 3 is 2.30 bits per heavy atom. The molecule has 2 heterocycles. The molecule has 0 bridgehead atoms. The quantitative estimate of drug-likeness (QED) is 0.538. The van der Waals surface area contributed by atoms with Crippen LogP contribution in [0.2, 0.25) is 5.02 Å². The smallest absolute Gasteiger partial charge is 0.136 e. The molecule has 1 atom stereocenters. The van der Waals surface area contributed by atoms with Crippen LogP contribution in [0.4, 0.5) is 5.82 Å². The van der Waals surface area contributed by atoms with Crippen LogP contribution >= 0.6 is 11.6 Å². The number of anilines is 1. The van der Waals surface area contributed by atoms with Crippen LogP contribution in [0, 0.1) is 6.92 Å². The van der Waals surface area contributed by atoms with Crippen LogP contribution in [0.15, 0.2) is 54.6 Å². The van der Waals surface area contributed by atoms with Crippen molar-refractivity contribution < 1.29 is 5.11 Å². The van der Waals surface area contributed by atoms with Crippen molar-refractivity contribution in [2.24, 2.45) is 0 Å². The first-order valence-electron chi connectivity index (χ1n) is 11.8. The molecule has 1 fully saturated rings. The third kappa shape index (κ3) is 6.32. The number of rotatable bonds is 8. The van der Waals surface area contributed by atoms with E-state index in [1.807, 2.05) is 37.3 Å². The highest BCUT2D eigenvalue weighted by molar-refractivity contribution is 6.30. The van der Waals surface area contributed by atoms with Gasteiger partial charge in [-0.05, 0) is 43.0 Å². The molecule has 3 aromatic rings. The molecule has 2 aromatic carbocycles. The monoisotopic (exact) mass is 464 g/mol. The van der Waals surface area contributed by atoms with Gasteiger partial charge in [-0.25, -0.2) is 9.97 Å². The number of benzene rings is 2. The molecule has 4 rings (SSSR count). The minimum absolute atomic E-state index is 0.354. The minimum atomic E-state index is -0.354. The third-order valence-electron chi connectivity index (χ3n) is 6.27. The van der Waals surface area contributed by atoms with Crippen molar-refractivity contribution in [3.63, 3.8) is 0 Å². The first-order valence-corrected chi connectivity index (χ1v) is 12.2. The lowest BCUT2D eigenvalue weighted by atomic mass is 10.0. The number of hydrogen-bond donors (Lipinski definition) is 1. The lowest BCUT2D eigenvalue weighted by Crippen LogP contribution is -2.49. The summed E-state index contributed by atoms with van der Waals surface area (Å²) in [4.78, 5) is 14.4. The van der Waals surface area contributed by atoms with Gasteiger partial charge in [-0.1, -0.05) is 61.0 Å². The fraction of sp³-hybridized carbons (Fsp3) is 0.407. The number of piperazine rings is 1. The summed E-state index contributed by atoms with van der Waals surface area (Å²) in [6.07, 6.45) is 2.01. The van der Waals surface area contributed by atoms with Crippen molar-refractivity contribution in [3.05, 3.63) is 87.8 Å². The van der Waals surface area contributed by atoms with Crippen LogP contribution in [0.25, 0.3) is 0 Å². The predicted octanol–water partition coefficient (Wildman–Crippen LogP) is 4.32. The molecule has 0 spiro atoms. The normalized spacial score (nSPS) is 15.6. The first-order chi connectivity index (χ1) is 16.0. The molecule has 1 N–H and O–H groups in total. The number of hydrogen-bond acceptors (Lipinski definition) is 5. The van der Waals surface area contributed by atoms with Gasteiger partial charge in [0.15, 0.2) is 0 Å². The van der Waals surface area contributed by atoms with Crippen LogP contribution < -0.4 is 4.90 Å². The lowest BCUT2D eigenvalue weighted by molar-refractivity contribution is 0.109. The van der Waals surface area contributed by atoms with Gasteiger partial charge in [-0.15, -0.1) is 0 Å². The second kappa shape index (κ2) is 11.1. The molecule has 0 unspecified atom stereocenters. The topological polar surface area (TPSA) is 52.5 Å². The maximum absolute atomic E-state index is 10.6. The SMILES string of the molecule is CCc1nc(C)nc(N2CCN(C[C@H](O)Cc3ccccc3)CC2)c1Cc1ccc(Cl)cc1. The Balaban J connectivity index is 1.43. The maximum Gasteiger partial charge on any atom is 0.136 e. The molecule has 0 aliphatic carbocycles. The third-order valence-corrected chi connectivity index (χ3v) is 6.52. The fourth-order valence-corrected chi connectivity index (χ4v) is 4.70. The molecule has 5 nitrogen and oxygen atoms in total. The molecule has 0 radical (unpaired) electrons.